The van der Waals surface area contributed by atoms with E-state index in [1.54, 1.807) is 0 Å². The molecular weight excluding hydrogens is 647 g/mol. The summed E-state index contributed by atoms with van der Waals surface area (Å²) < 4.78 is 5.90. The third-order valence-electron chi connectivity index (χ3n) is 8.54. The molecule has 0 heterocycles. The average molecular weight is 722 g/mol. The Kier molecular flexibility index (Phi) is 37.7. The number of hydrogen-bond donors (Lipinski definition) is 2. The topological polar surface area (TPSA) is 92.7 Å². The van der Waals surface area contributed by atoms with Gasteiger partial charge in [-0.3, -0.25) is 14.4 Å². The maximum Gasteiger partial charge on any atom is 0.322 e. The Bertz CT molecular complexity index is 1060. The van der Waals surface area contributed by atoms with Crippen molar-refractivity contribution in [3.05, 3.63) is 85.1 Å². The number of aliphatic carboxylic acids is 1. The fraction of sp³-hybridized carbons (Fsp3) is 0.630. The van der Waals surface area contributed by atoms with Crippen molar-refractivity contribution in [2.24, 2.45) is 0 Å². The molecule has 0 rings (SSSR count). The van der Waals surface area contributed by atoms with Crippen molar-refractivity contribution < 1.29 is 24.2 Å². The fourth-order valence-electron chi connectivity index (χ4n) is 5.49. The van der Waals surface area contributed by atoms with Crippen LogP contribution in [0.3, 0.4) is 0 Å². The zero-order valence-electron chi connectivity index (χ0n) is 33.1. The number of ether oxygens (including phenoxy) is 1. The number of carbonyl (C=O) groups is 3. The summed E-state index contributed by atoms with van der Waals surface area (Å²) in [5, 5.41) is 11.1. The Morgan fingerprint density at radius 1 is 0.538 bits per heavy atom. The van der Waals surface area contributed by atoms with Gasteiger partial charge < -0.3 is 15.2 Å². The van der Waals surface area contributed by atoms with E-state index in [2.05, 4.69) is 98.2 Å². The molecule has 0 aliphatic heterocycles. The van der Waals surface area contributed by atoms with Gasteiger partial charge in [-0.1, -0.05) is 151 Å². The van der Waals surface area contributed by atoms with Crippen LogP contribution in [0.15, 0.2) is 85.1 Å². The molecule has 0 aromatic heterocycles. The molecule has 0 bridgehead atoms. The molecule has 0 radical (unpaired) electrons. The van der Waals surface area contributed by atoms with Crippen LogP contribution in [0.5, 0.6) is 0 Å². The van der Waals surface area contributed by atoms with Crippen LogP contribution in [-0.2, 0) is 19.1 Å². The number of allylic oxidation sites excluding steroid dienone is 13. The molecule has 0 saturated carbocycles. The van der Waals surface area contributed by atoms with E-state index >= 15 is 0 Å². The van der Waals surface area contributed by atoms with E-state index < -0.39 is 5.97 Å². The van der Waals surface area contributed by atoms with Gasteiger partial charge in [-0.05, 0) is 96.0 Å². The Morgan fingerprint density at radius 3 is 1.56 bits per heavy atom. The molecule has 0 aliphatic rings. The molecule has 52 heavy (non-hydrogen) atoms. The molecule has 0 aromatic rings. The number of hydrogen-bond acceptors (Lipinski definition) is 4. The normalized spacial score (nSPS) is 13.0. The van der Waals surface area contributed by atoms with Gasteiger partial charge in [-0.25, -0.2) is 0 Å². The second-order valence-corrected chi connectivity index (χ2v) is 13.5. The maximum atomic E-state index is 12.7. The number of carboxylic acids is 1. The van der Waals surface area contributed by atoms with Gasteiger partial charge in [0.25, 0.3) is 0 Å². The number of carboxylic acid groups (broad SMARTS) is 1. The van der Waals surface area contributed by atoms with Crippen LogP contribution in [0.4, 0.5) is 0 Å². The van der Waals surface area contributed by atoms with Crippen LogP contribution in [0.25, 0.3) is 0 Å². The van der Waals surface area contributed by atoms with E-state index in [1.165, 1.54) is 44.9 Å². The minimum absolute atomic E-state index is 0.109. The third-order valence-corrected chi connectivity index (χ3v) is 8.54. The Morgan fingerprint density at radius 2 is 1.00 bits per heavy atom. The van der Waals surface area contributed by atoms with Crippen LogP contribution in [0.2, 0.25) is 0 Å². The van der Waals surface area contributed by atoms with Gasteiger partial charge >= 0.3 is 11.9 Å². The van der Waals surface area contributed by atoms with Gasteiger partial charge in [0.05, 0.1) is 0 Å². The van der Waals surface area contributed by atoms with Gasteiger partial charge in [0.2, 0.25) is 5.91 Å². The minimum Gasteiger partial charge on any atom is -0.480 e. The first-order valence-corrected chi connectivity index (χ1v) is 20.7. The fourth-order valence-corrected chi connectivity index (χ4v) is 5.49. The van der Waals surface area contributed by atoms with E-state index in [-0.39, 0.29) is 24.5 Å². The van der Waals surface area contributed by atoms with E-state index in [0.29, 0.717) is 12.8 Å². The Hall–Kier alpha value is -3.41. The van der Waals surface area contributed by atoms with Crippen molar-refractivity contribution in [2.75, 3.05) is 6.54 Å². The summed E-state index contributed by atoms with van der Waals surface area (Å²) in [6, 6.07) is 0. The predicted molar refractivity (Wildman–Crippen MR) is 221 cm³/mol. The second-order valence-electron chi connectivity index (χ2n) is 13.5. The number of nitrogens with one attached hydrogen (secondary N) is 1. The highest BCUT2D eigenvalue weighted by Gasteiger charge is 2.11. The summed E-state index contributed by atoms with van der Waals surface area (Å²) in [5.41, 5.74) is 0. The van der Waals surface area contributed by atoms with Crippen molar-refractivity contribution in [1.29, 1.82) is 0 Å². The molecule has 294 valence electrons. The lowest BCUT2D eigenvalue weighted by atomic mass is 10.1. The summed E-state index contributed by atoms with van der Waals surface area (Å²) in [6.07, 6.45) is 55.7. The lowest BCUT2D eigenvalue weighted by Crippen LogP contribution is -2.28. The van der Waals surface area contributed by atoms with Gasteiger partial charge in [-0.2, -0.15) is 0 Å². The summed E-state index contributed by atoms with van der Waals surface area (Å²) >= 11 is 0. The highest BCUT2D eigenvalue weighted by atomic mass is 16.5. The first kappa shape index (κ1) is 48.6. The van der Waals surface area contributed by atoms with E-state index in [1.807, 2.05) is 6.08 Å². The van der Waals surface area contributed by atoms with Crippen LogP contribution < -0.4 is 5.32 Å². The lowest BCUT2D eigenvalue weighted by Gasteiger charge is -2.14. The largest absolute Gasteiger partial charge is 0.480 e. The minimum atomic E-state index is -1.03. The third kappa shape index (κ3) is 39.4. The van der Waals surface area contributed by atoms with Gasteiger partial charge in [-0.15, -0.1) is 0 Å². The van der Waals surface area contributed by atoms with E-state index in [0.717, 1.165) is 103 Å². The zero-order chi connectivity index (χ0) is 38.0. The van der Waals surface area contributed by atoms with Gasteiger partial charge in [0.15, 0.2) is 0 Å². The smallest absolute Gasteiger partial charge is 0.322 e. The van der Waals surface area contributed by atoms with Gasteiger partial charge in [0, 0.05) is 12.8 Å². The SMILES string of the molecule is CC/C=C\C/C=C\C/C=C\C/C=C\C(CCCCCCCC(=O)NCC(=O)O)OC(=O)CCCCCCCC/C=C\C/C=C\C/C=C\CCCCC. The number of esters is 1. The summed E-state index contributed by atoms with van der Waals surface area (Å²) in [4.78, 5) is 34.9. The number of rotatable bonds is 36. The number of amides is 1. The molecule has 1 amide bonds. The molecule has 6 nitrogen and oxygen atoms in total. The van der Waals surface area contributed by atoms with Gasteiger partial charge in [0.1, 0.15) is 12.6 Å². The summed E-state index contributed by atoms with van der Waals surface area (Å²) in [5.74, 6) is -1.35. The first-order chi connectivity index (χ1) is 25.5. The van der Waals surface area contributed by atoms with Crippen molar-refractivity contribution in [2.45, 2.75) is 180 Å². The molecule has 1 atom stereocenters. The first-order valence-electron chi connectivity index (χ1n) is 20.7. The van der Waals surface area contributed by atoms with Crippen LogP contribution in [0, 0.1) is 0 Å². The molecule has 0 fully saturated rings. The van der Waals surface area contributed by atoms with Crippen LogP contribution >= 0.6 is 0 Å². The molecule has 0 aliphatic carbocycles. The van der Waals surface area contributed by atoms with E-state index in [4.69, 9.17) is 9.84 Å². The summed E-state index contributed by atoms with van der Waals surface area (Å²) in [7, 11) is 0. The number of unbranched alkanes of at least 4 members (excludes halogenated alkanes) is 13. The van der Waals surface area contributed by atoms with Crippen molar-refractivity contribution >= 4 is 17.8 Å². The highest BCUT2D eigenvalue weighted by molar-refractivity contribution is 5.80. The molecule has 1 unspecified atom stereocenters. The van der Waals surface area contributed by atoms with Crippen molar-refractivity contribution in [3.8, 4) is 0 Å². The lowest BCUT2D eigenvalue weighted by molar-refractivity contribution is -0.147. The quantitative estimate of drug-likeness (QED) is 0.0382. The molecule has 2 N–H and O–H groups in total. The molecular formula is C46H75NO5. The Balaban J connectivity index is 4.29. The van der Waals surface area contributed by atoms with Crippen LogP contribution in [0.1, 0.15) is 174 Å². The molecule has 0 saturated heterocycles. The van der Waals surface area contributed by atoms with Crippen LogP contribution in [-0.4, -0.2) is 35.6 Å². The molecule has 6 heteroatoms. The standard InChI is InChI=1S/C46H75NO5/c1-3-5-7-9-11-13-15-16-17-18-19-20-21-22-24-26-28-33-37-41-46(51)52-43(38-34-30-27-25-23-14-12-10-8-6-4-2)39-35-31-29-32-36-40-44(48)47-42-45(49)50/h6,8,11-14,16-17,19-20,25,27,34,38,43H,3-5,7,9-10,15,18,21-24,26,28-33,35-37,39-42H2,1-2H3,(H,47,48)(H,49,50)/b8-6-,13-11-,14-12-,17-16-,20-19-,27-25-,38-34-. The number of carbonyl (C=O) groups excluding carboxylic acids is 2. The molecule has 0 spiro atoms. The van der Waals surface area contributed by atoms with Crippen molar-refractivity contribution in [1.82, 2.24) is 5.32 Å². The van der Waals surface area contributed by atoms with Crippen molar-refractivity contribution in [3.63, 3.8) is 0 Å². The summed E-state index contributed by atoms with van der Waals surface area (Å²) in [6.45, 7) is 4.05. The predicted octanol–water partition coefficient (Wildman–Crippen LogP) is 12.8. The zero-order valence-corrected chi connectivity index (χ0v) is 33.1. The molecule has 0 aromatic carbocycles. The Labute approximate surface area is 318 Å². The average Bonchev–Trinajstić information content (AvgIpc) is 3.13. The monoisotopic (exact) mass is 722 g/mol. The second kappa shape index (κ2) is 40.4. The highest BCUT2D eigenvalue weighted by Crippen LogP contribution is 2.15. The maximum absolute atomic E-state index is 12.7. The van der Waals surface area contributed by atoms with E-state index in [9.17, 15) is 14.4 Å².